The summed E-state index contributed by atoms with van der Waals surface area (Å²) in [5.74, 6) is 0. The maximum atomic E-state index is 9.21. The van der Waals surface area contributed by atoms with E-state index < -0.39 is 0 Å². The molecule has 96 valence electrons. The van der Waals surface area contributed by atoms with Crippen LogP contribution >= 0.6 is 0 Å². The summed E-state index contributed by atoms with van der Waals surface area (Å²) in [4.78, 5) is 2.20. The number of nitrogens with two attached hydrogens (primary N) is 1. The van der Waals surface area contributed by atoms with Crippen molar-refractivity contribution >= 4 is 11.4 Å². The second-order valence-electron chi connectivity index (χ2n) is 5.46. The Morgan fingerprint density at radius 2 is 2.22 bits per heavy atom. The Morgan fingerprint density at radius 1 is 1.50 bits per heavy atom. The minimum atomic E-state index is -0.203. The molecule has 2 N–H and O–H groups in total. The molecule has 1 fully saturated rings. The summed E-state index contributed by atoms with van der Waals surface area (Å²) in [6.07, 6.45) is 0.151. The molecule has 0 saturated carbocycles. The molecule has 0 radical (unpaired) electrons. The fourth-order valence-electron chi connectivity index (χ4n) is 2.56. The smallest absolute Gasteiger partial charge is 0.101 e. The molecule has 18 heavy (non-hydrogen) atoms. The van der Waals surface area contributed by atoms with E-state index in [9.17, 15) is 5.26 Å². The number of hydrogen-bond acceptors (Lipinski definition) is 4. The highest BCUT2D eigenvalue weighted by Crippen LogP contribution is 2.29. The monoisotopic (exact) mass is 245 g/mol. The van der Waals surface area contributed by atoms with Crippen LogP contribution in [0.15, 0.2) is 18.2 Å². The molecule has 1 saturated heterocycles. The minimum Gasteiger partial charge on any atom is -0.399 e. The quantitative estimate of drug-likeness (QED) is 0.770. The van der Waals surface area contributed by atoms with Gasteiger partial charge in [0, 0.05) is 18.8 Å². The van der Waals surface area contributed by atoms with Crippen LogP contribution in [0.25, 0.3) is 0 Å². The van der Waals surface area contributed by atoms with Crippen molar-refractivity contribution in [1.29, 1.82) is 5.26 Å². The number of morpholine rings is 1. The maximum Gasteiger partial charge on any atom is 0.101 e. The van der Waals surface area contributed by atoms with E-state index in [1.807, 2.05) is 12.1 Å². The second kappa shape index (κ2) is 4.51. The van der Waals surface area contributed by atoms with Gasteiger partial charge in [-0.3, -0.25) is 0 Å². The number of nitriles is 1. The Balaban J connectivity index is 2.34. The third kappa shape index (κ3) is 2.57. The van der Waals surface area contributed by atoms with Crippen LogP contribution in [0.4, 0.5) is 11.4 Å². The first kappa shape index (κ1) is 12.7. The summed E-state index contributed by atoms with van der Waals surface area (Å²) in [6.45, 7) is 7.76. The van der Waals surface area contributed by atoms with Crippen molar-refractivity contribution < 1.29 is 4.74 Å². The largest absolute Gasteiger partial charge is 0.399 e. The zero-order valence-corrected chi connectivity index (χ0v) is 11.1. The van der Waals surface area contributed by atoms with Gasteiger partial charge in [-0.25, -0.2) is 0 Å². The van der Waals surface area contributed by atoms with Gasteiger partial charge in [0.05, 0.1) is 23.0 Å². The van der Waals surface area contributed by atoms with Crippen LogP contribution < -0.4 is 10.6 Å². The van der Waals surface area contributed by atoms with Gasteiger partial charge < -0.3 is 15.4 Å². The second-order valence-corrected chi connectivity index (χ2v) is 5.46. The van der Waals surface area contributed by atoms with Gasteiger partial charge in [-0.15, -0.1) is 0 Å². The fourth-order valence-corrected chi connectivity index (χ4v) is 2.56. The average Bonchev–Trinajstić information content (AvgIpc) is 2.25. The van der Waals surface area contributed by atoms with E-state index in [2.05, 4.69) is 31.7 Å². The summed E-state index contributed by atoms with van der Waals surface area (Å²) >= 11 is 0. The Kier molecular flexibility index (Phi) is 3.18. The molecule has 0 bridgehead atoms. The molecule has 4 nitrogen and oxygen atoms in total. The van der Waals surface area contributed by atoms with Crippen LogP contribution in [-0.2, 0) is 4.74 Å². The molecule has 0 spiro atoms. The van der Waals surface area contributed by atoms with Gasteiger partial charge in [0.15, 0.2) is 0 Å². The molecule has 1 aromatic rings. The molecule has 0 aromatic heterocycles. The van der Waals surface area contributed by atoms with Crippen LogP contribution in [0.1, 0.15) is 26.3 Å². The van der Waals surface area contributed by atoms with Crippen molar-refractivity contribution in [3.05, 3.63) is 23.8 Å². The molecule has 0 amide bonds. The highest BCUT2D eigenvalue weighted by Gasteiger charge is 2.32. The van der Waals surface area contributed by atoms with E-state index in [0.717, 1.165) is 18.8 Å². The van der Waals surface area contributed by atoms with Crippen molar-refractivity contribution in [3.8, 4) is 6.07 Å². The molecule has 1 aromatic carbocycles. The highest BCUT2D eigenvalue weighted by molar-refractivity contribution is 5.64. The summed E-state index contributed by atoms with van der Waals surface area (Å²) < 4.78 is 5.87. The summed E-state index contributed by atoms with van der Waals surface area (Å²) in [6, 6.07) is 7.69. The minimum absolute atomic E-state index is 0.151. The van der Waals surface area contributed by atoms with Crippen molar-refractivity contribution in [1.82, 2.24) is 0 Å². The van der Waals surface area contributed by atoms with Crippen LogP contribution in [0.3, 0.4) is 0 Å². The zero-order valence-electron chi connectivity index (χ0n) is 11.1. The molecule has 1 atom stereocenters. The first-order chi connectivity index (χ1) is 8.41. The van der Waals surface area contributed by atoms with Crippen LogP contribution in [-0.4, -0.2) is 24.8 Å². The number of ether oxygens (including phenoxy) is 1. The molecule has 1 unspecified atom stereocenters. The van der Waals surface area contributed by atoms with Gasteiger partial charge in [0.2, 0.25) is 0 Å². The van der Waals surface area contributed by atoms with E-state index in [1.165, 1.54) is 0 Å². The van der Waals surface area contributed by atoms with Gasteiger partial charge in [0.1, 0.15) is 6.07 Å². The standard InChI is InChI=1S/C14H19N3O/c1-10-8-17(9-14(2,3)18-10)13-5-4-12(16)6-11(13)7-15/h4-6,10H,8-9,16H2,1-3H3. The average molecular weight is 245 g/mol. The highest BCUT2D eigenvalue weighted by atomic mass is 16.5. The number of nitrogens with zero attached hydrogens (tertiary/aromatic N) is 2. The van der Waals surface area contributed by atoms with Gasteiger partial charge in [-0.2, -0.15) is 5.26 Å². The number of nitrogen functional groups attached to an aromatic ring is 1. The molecular weight excluding hydrogens is 226 g/mol. The number of benzene rings is 1. The number of anilines is 2. The van der Waals surface area contributed by atoms with E-state index in [0.29, 0.717) is 11.3 Å². The topological polar surface area (TPSA) is 62.3 Å². The van der Waals surface area contributed by atoms with E-state index >= 15 is 0 Å². The van der Waals surface area contributed by atoms with Crippen molar-refractivity contribution in [2.75, 3.05) is 23.7 Å². The van der Waals surface area contributed by atoms with Crippen LogP contribution in [0, 0.1) is 11.3 Å². The van der Waals surface area contributed by atoms with Gasteiger partial charge >= 0.3 is 0 Å². The predicted octanol–water partition coefficient (Wildman–Crippen LogP) is 2.14. The first-order valence-corrected chi connectivity index (χ1v) is 6.14. The number of hydrogen-bond donors (Lipinski definition) is 1. The van der Waals surface area contributed by atoms with Gasteiger partial charge in [-0.05, 0) is 39.0 Å². The Hall–Kier alpha value is -1.73. The third-order valence-corrected chi connectivity index (χ3v) is 3.05. The molecule has 4 heteroatoms. The van der Waals surface area contributed by atoms with Crippen LogP contribution in [0.2, 0.25) is 0 Å². The number of rotatable bonds is 1. The Morgan fingerprint density at radius 3 is 2.83 bits per heavy atom. The lowest BCUT2D eigenvalue weighted by Gasteiger charge is -2.43. The van der Waals surface area contributed by atoms with E-state index in [-0.39, 0.29) is 11.7 Å². The summed E-state index contributed by atoms with van der Waals surface area (Å²) in [7, 11) is 0. The summed E-state index contributed by atoms with van der Waals surface area (Å²) in [5.41, 5.74) is 7.70. The molecule has 0 aliphatic carbocycles. The molecule has 1 heterocycles. The third-order valence-electron chi connectivity index (χ3n) is 3.05. The lowest BCUT2D eigenvalue weighted by atomic mass is 10.0. The summed E-state index contributed by atoms with van der Waals surface area (Å²) in [5, 5.41) is 9.21. The normalized spacial score (nSPS) is 22.6. The van der Waals surface area contributed by atoms with E-state index in [1.54, 1.807) is 6.07 Å². The predicted molar refractivity (Wildman–Crippen MR) is 72.4 cm³/mol. The first-order valence-electron chi connectivity index (χ1n) is 6.14. The SMILES string of the molecule is CC1CN(c2ccc(N)cc2C#N)CC(C)(C)O1. The van der Waals surface area contributed by atoms with Crippen molar-refractivity contribution in [2.45, 2.75) is 32.5 Å². The molecule has 2 rings (SSSR count). The molecule has 1 aliphatic heterocycles. The fraction of sp³-hybridized carbons (Fsp3) is 0.500. The Labute approximate surface area is 108 Å². The van der Waals surface area contributed by atoms with Crippen LogP contribution in [0.5, 0.6) is 0 Å². The lowest BCUT2D eigenvalue weighted by molar-refractivity contribution is -0.0749. The van der Waals surface area contributed by atoms with Gasteiger partial charge in [0.25, 0.3) is 0 Å². The molecular formula is C14H19N3O. The molecule has 1 aliphatic rings. The van der Waals surface area contributed by atoms with Crippen molar-refractivity contribution in [2.24, 2.45) is 0 Å². The van der Waals surface area contributed by atoms with E-state index in [4.69, 9.17) is 10.5 Å². The lowest BCUT2D eigenvalue weighted by Crippen LogP contribution is -2.52. The zero-order chi connectivity index (χ0) is 13.3. The van der Waals surface area contributed by atoms with Gasteiger partial charge in [-0.1, -0.05) is 0 Å². The van der Waals surface area contributed by atoms with Crippen molar-refractivity contribution in [3.63, 3.8) is 0 Å². The maximum absolute atomic E-state index is 9.21. The Bertz CT molecular complexity index is 490.